The normalized spacial score (nSPS) is 22.8. The van der Waals surface area contributed by atoms with Crippen molar-refractivity contribution in [3.05, 3.63) is 29.8 Å². The van der Waals surface area contributed by atoms with Gasteiger partial charge in [-0.1, -0.05) is 12.1 Å². The smallest absolute Gasteiger partial charge is 0.323 e. The van der Waals surface area contributed by atoms with Crippen LogP contribution in [-0.4, -0.2) is 25.7 Å². The van der Waals surface area contributed by atoms with Gasteiger partial charge >= 0.3 is 5.97 Å². The first-order valence-electron chi connectivity index (χ1n) is 6.31. The van der Waals surface area contributed by atoms with Gasteiger partial charge in [0.05, 0.1) is 13.7 Å². The molecule has 2 atom stereocenters. The highest BCUT2D eigenvalue weighted by Crippen LogP contribution is 2.28. The molecule has 4 heteroatoms. The molecule has 0 unspecified atom stereocenters. The van der Waals surface area contributed by atoms with Gasteiger partial charge in [0, 0.05) is 6.04 Å². The van der Waals surface area contributed by atoms with Crippen molar-refractivity contribution in [2.75, 3.05) is 13.7 Å². The van der Waals surface area contributed by atoms with Crippen LogP contribution in [0.15, 0.2) is 24.3 Å². The first-order valence-corrected chi connectivity index (χ1v) is 6.31. The molecule has 1 heterocycles. The summed E-state index contributed by atoms with van der Waals surface area (Å²) in [5, 5.41) is 3.31. The number of methoxy groups -OCH3 is 1. The number of benzene rings is 1. The van der Waals surface area contributed by atoms with Crippen LogP contribution in [0.3, 0.4) is 0 Å². The van der Waals surface area contributed by atoms with E-state index < -0.39 is 0 Å². The summed E-state index contributed by atoms with van der Waals surface area (Å²) in [5.74, 6) is 0.701. The van der Waals surface area contributed by atoms with Gasteiger partial charge in [0.1, 0.15) is 11.8 Å². The Labute approximate surface area is 107 Å². The molecular weight excluding hydrogens is 230 g/mol. The van der Waals surface area contributed by atoms with Crippen molar-refractivity contribution in [3.63, 3.8) is 0 Å². The van der Waals surface area contributed by atoms with Crippen LogP contribution in [0.5, 0.6) is 5.75 Å². The van der Waals surface area contributed by atoms with Crippen LogP contribution >= 0.6 is 0 Å². The standard InChI is InChI=1S/C14H19NO3/c1-3-18-14(16)13-9-8-12(15-13)10-4-6-11(17-2)7-5-10/h4-7,12-13,15H,3,8-9H2,1-2H3/t12-,13+/m0/s1. The molecule has 1 N–H and O–H groups in total. The summed E-state index contributed by atoms with van der Waals surface area (Å²) in [4.78, 5) is 11.6. The number of hydrogen-bond donors (Lipinski definition) is 1. The van der Waals surface area contributed by atoms with Crippen molar-refractivity contribution < 1.29 is 14.3 Å². The number of esters is 1. The van der Waals surface area contributed by atoms with Crippen LogP contribution < -0.4 is 10.1 Å². The van der Waals surface area contributed by atoms with Crippen molar-refractivity contribution in [3.8, 4) is 5.75 Å². The van der Waals surface area contributed by atoms with E-state index in [-0.39, 0.29) is 18.1 Å². The minimum Gasteiger partial charge on any atom is -0.497 e. The maximum atomic E-state index is 11.6. The summed E-state index contributed by atoms with van der Waals surface area (Å²) in [7, 11) is 1.65. The molecule has 18 heavy (non-hydrogen) atoms. The molecule has 0 radical (unpaired) electrons. The molecule has 98 valence electrons. The van der Waals surface area contributed by atoms with Gasteiger partial charge < -0.3 is 9.47 Å². The van der Waals surface area contributed by atoms with Crippen molar-refractivity contribution in [1.29, 1.82) is 0 Å². The van der Waals surface area contributed by atoms with E-state index in [9.17, 15) is 4.79 Å². The van der Waals surface area contributed by atoms with Gasteiger partial charge in [0.2, 0.25) is 0 Å². The first kappa shape index (κ1) is 12.9. The Morgan fingerprint density at radius 1 is 1.33 bits per heavy atom. The van der Waals surface area contributed by atoms with Crippen molar-refractivity contribution in [1.82, 2.24) is 5.32 Å². The molecule has 4 nitrogen and oxygen atoms in total. The summed E-state index contributed by atoms with van der Waals surface area (Å²) in [6.45, 7) is 2.26. The number of ether oxygens (including phenoxy) is 2. The van der Waals surface area contributed by atoms with E-state index >= 15 is 0 Å². The largest absolute Gasteiger partial charge is 0.497 e. The van der Waals surface area contributed by atoms with E-state index in [2.05, 4.69) is 5.32 Å². The fraction of sp³-hybridized carbons (Fsp3) is 0.500. The Morgan fingerprint density at radius 3 is 2.67 bits per heavy atom. The predicted molar refractivity (Wildman–Crippen MR) is 68.5 cm³/mol. The van der Waals surface area contributed by atoms with Gasteiger partial charge in [0.15, 0.2) is 0 Å². The molecule has 0 aliphatic carbocycles. The molecule has 1 aromatic rings. The van der Waals surface area contributed by atoms with Gasteiger partial charge in [-0.15, -0.1) is 0 Å². The number of carbonyl (C=O) groups excluding carboxylic acids is 1. The lowest BCUT2D eigenvalue weighted by atomic mass is 10.1. The van der Waals surface area contributed by atoms with E-state index in [1.54, 1.807) is 7.11 Å². The highest BCUT2D eigenvalue weighted by Gasteiger charge is 2.30. The van der Waals surface area contributed by atoms with Crippen LogP contribution in [-0.2, 0) is 9.53 Å². The van der Waals surface area contributed by atoms with Crippen LogP contribution in [0.25, 0.3) is 0 Å². The molecule has 1 aromatic carbocycles. The number of rotatable bonds is 4. The third kappa shape index (κ3) is 2.82. The van der Waals surface area contributed by atoms with Crippen LogP contribution in [0, 0.1) is 0 Å². The Hall–Kier alpha value is -1.55. The molecule has 0 amide bonds. The lowest BCUT2D eigenvalue weighted by Gasteiger charge is -2.14. The Morgan fingerprint density at radius 2 is 2.06 bits per heavy atom. The molecule has 2 rings (SSSR count). The summed E-state index contributed by atoms with van der Waals surface area (Å²) in [6, 6.07) is 8.00. The van der Waals surface area contributed by atoms with Crippen molar-refractivity contribution >= 4 is 5.97 Å². The average Bonchev–Trinajstić information content (AvgIpc) is 2.89. The zero-order valence-corrected chi connectivity index (χ0v) is 10.8. The monoisotopic (exact) mass is 249 g/mol. The predicted octanol–water partition coefficient (Wildman–Crippen LogP) is 2.05. The van der Waals surface area contributed by atoms with Crippen LogP contribution in [0.2, 0.25) is 0 Å². The summed E-state index contributed by atoms with van der Waals surface area (Å²) in [6.07, 6.45) is 1.78. The maximum Gasteiger partial charge on any atom is 0.323 e. The second-order valence-electron chi connectivity index (χ2n) is 4.37. The number of nitrogens with one attached hydrogen (secondary N) is 1. The maximum absolute atomic E-state index is 11.6. The third-order valence-corrected chi connectivity index (χ3v) is 3.24. The quantitative estimate of drug-likeness (QED) is 0.830. The summed E-state index contributed by atoms with van der Waals surface area (Å²) >= 11 is 0. The minimum absolute atomic E-state index is 0.145. The van der Waals surface area contributed by atoms with E-state index in [1.165, 1.54) is 5.56 Å². The van der Waals surface area contributed by atoms with E-state index in [1.807, 2.05) is 31.2 Å². The molecule has 1 saturated heterocycles. The van der Waals surface area contributed by atoms with Gasteiger partial charge in [-0.25, -0.2) is 0 Å². The average molecular weight is 249 g/mol. The highest BCUT2D eigenvalue weighted by molar-refractivity contribution is 5.76. The van der Waals surface area contributed by atoms with E-state index in [0.29, 0.717) is 6.61 Å². The first-order chi connectivity index (χ1) is 8.74. The second kappa shape index (κ2) is 5.87. The third-order valence-electron chi connectivity index (χ3n) is 3.24. The highest BCUT2D eigenvalue weighted by atomic mass is 16.5. The van der Waals surface area contributed by atoms with E-state index in [0.717, 1.165) is 18.6 Å². The molecule has 0 saturated carbocycles. The molecule has 0 spiro atoms. The van der Waals surface area contributed by atoms with Crippen molar-refractivity contribution in [2.24, 2.45) is 0 Å². The minimum atomic E-state index is -0.169. The van der Waals surface area contributed by atoms with Gasteiger partial charge in [-0.2, -0.15) is 0 Å². The SMILES string of the molecule is CCOC(=O)[C@H]1CC[C@@H](c2ccc(OC)cc2)N1. The molecule has 1 aliphatic rings. The zero-order chi connectivity index (χ0) is 13.0. The lowest BCUT2D eigenvalue weighted by Crippen LogP contribution is -2.33. The van der Waals surface area contributed by atoms with Crippen LogP contribution in [0.1, 0.15) is 31.4 Å². The molecular formula is C14H19NO3. The fourth-order valence-electron chi connectivity index (χ4n) is 2.27. The van der Waals surface area contributed by atoms with Gasteiger partial charge in [0.25, 0.3) is 0 Å². The fourth-order valence-corrected chi connectivity index (χ4v) is 2.27. The Bertz CT molecular complexity index is 402. The van der Waals surface area contributed by atoms with E-state index in [4.69, 9.17) is 9.47 Å². The number of carbonyl (C=O) groups is 1. The van der Waals surface area contributed by atoms with Crippen LogP contribution in [0.4, 0.5) is 0 Å². The molecule has 0 aromatic heterocycles. The zero-order valence-electron chi connectivity index (χ0n) is 10.8. The lowest BCUT2D eigenvalue weighted by molar-refractivity contribution is -0.145. The topological polar surface area (TPSA) is 47.6 Å². The summed E-state index contributed by atoms with van der Waals surface area (Å²) in [5.41, 5.74) is 1.18. The second-order valence-corrected chi connectivity index (χ2v) is 4.37. The molecule has 0 bridgehead atoms. The Kier molecular flexibility index (Phi) is 4.20. The van der Waals surface area contributed by atoms with Crippen molar-refractivity contribution in [2.45, 2.75) is 31.8 Å². The number of hydrogen-bond acceptors (Lipinski definition) is 4. The Balaban J connectivity index is 1.97. The van der Waals surface area contributed by atoms with Gasteiger partial charge in [-0.3, -0.25) is 10.1 Å². The molecule has 1 aliphatic heterocycles. The van der Waals surface area contributed by atoms with Gasteiger partial charge in [-0.05, 0) is 37.5 Å². The summed E-state index contributed by atoms with van der Waals surface area (Å²) < 4.78 is 10.2. The molecule has 1 fully saturated rings.